The molecule has 0 fully saturated rings. The molecule has 0 unspecified atom stereocenters. The van der Waals surface area contributed by atoms with Crippen LogP contribution < -0.4 is 0 Å². The Morgan fingerprint density at radius 1 is 1.71 bits per heavy atom. The molecule has 0 aliphatic rings. The van der Waals surface area contributed by atoms with Gasteiger partial charge in [-0.05, 0) is 0 Å². The topological polar surface area (TPSA) is 23.8 Å². The summed E-state index contributed by atoms with van der Waals surface area (Å²) in [5, 5.41) is 7.77. The van der Waals surface area contributed by atoms with E-state index in [0.29, 0.717) is 0 Å². The number of hydrogen-bond donors (Lipinski definition) is 0. The van der Waals surface area contributed by atoms with E-state index in [1.165, 1.54) is 4.97 Å². The van der Waals surface area contributed by atoms with Crippen molar-refractivity contribution in [1.82, 2.24) is 0 Å². The number of hydrogen-bond acceptors (Lipinski definition) is 1. The van der Waals surface area contributed by atoms with Gasteiger partial charge in [0.05, 0.1) is 0 Å². The molecule has 0 atom stereocenters. The number of rotatable bonds is 1. The fourth-order valence-electron chi connectivity index (χ4n) is 0.0518. The molecular weight excluding hydrogens is 207 g/mol. The molecule has 5 heteroatoms. The summed E-state index contributed by atoms with van der Waals surface area (Å²) in [6.07, 6.45) is 0. The summed E-state index contributed by atoms with van der Waals surface area (Å²) in [6.45, 7) is 0. The summed E-state index contributed by atoms with van der Waals surface area (Å²) in [7, 11) is 0. The third-order valence-electron chi connectivity index (χ3n) is 0.161. The Balaban J connectivity index is 3.40. The van der Waals surface area contributed by atoms with Crippen molar-refractivity contribution in [2.24, 2.45) is 0 Å². The van der Waals surface area contributed by atoms with E-state index in [4.69, 9.17) is 28.5 Å². The zero-order valence-corrected chi connectivity index (χ0v) is 6.21. The summed E-state index contributed by atoms with van der Waals surface area (Å²) in [5.74, 6) is 0. The molecule has 40 valence electrons. The summed E-state index contributed by atoms with van der Waals surface area (Å²) in [4.78, 5) is 1.53. The predicted molar refractivity (Wildman–Crippen MR) is 26.9 cm³/mol. The summed E-state index contributed by atoms with van der Waals surface area (Å²) in [5.41, 5.74) is 0. The average molecular weight is 207 g/mol. The van der Waals surface area contributed by atoms with Crippen molar-refractivity contribution in [3.8, 4) is 4.97 Å². The molecule has 0 spiro atoms. The molecule has 0 aliphatic carbocycles. The van der Waals surface area contributed by atoms with E-state index in [1.807, 2.05) is 0 Å². The third-order valence-corrected chi connectivity index (χ3v) is 1.64. The molecule has 7 heavy (non-hydrogen) atoms. The first kappa shape index (κ1) is 7.52. The van der Waals surface area contributed by atoms with Crippen molar-refractivity contribution < 1.29 is 4.39 Å². The molecule has 0 N–H and O–H groups in total. The standard InChI is InChI=1S/C2Cl2FNSe/c3-2(4,5)7-1-6. The van der Waals surface area contributed by atoms with E-state index < -0.39 is 18.4 Å². The van der Waals surface area contributed by atoms with Gasteiger partial charge >= 0.3 is 56.3 Å². The molecule has 0 heterocycles. The van der Waals surface area contributed by atoms with Crippen LogP contribution in [-0.2, 0) is 0 Å². The summed E-state index contributed by atoms with van der Waals surface area (Å²) >= 11 is 8.50. The van der Waals surface area contributed by atoms with E-state index in [0.717, 1.165) is 0 Å². The SMILES string of the molecule is N#C[Se]C(F)(Cl)Cl. The van der Waals surface area contributed by atoms with E-state index in [2.05, 4.69) is 0 Å². The minimum atomic E-state index is -2.30. The fraction of sp³-hybridized carbons (Fsp3) is 0.500. The Kier molecular flexibility index (Phi) is 2.94. The van der Waals surface area contributed by atoms with Crippen LogP contribution in [0.5, 0.6) is 0 Å². The molecule has 0 bridgehead atoms. The predicted octanol–water partition coefficient (Wildman–Crippen LogP) is 1.23. The number of nitriles is 1. The van der Waals surface area contributed by atoms with Crippen molar-refractivity contribution in [3.05, 3.63) is 0 Å². The van der Waals surface area contributed by atoms with Gasteiger partial charge in [-0.1, -0.05) is 0 Å². The number of nitrogens with zero attached hydrogens (tertiary/aromatic N) is 1. The zero-order chi connectivity index (χ0) is 5.91. The van der Waals surface area contributed by atoms with Gasteiger partial charge in [-0.25, -0.2) is 0 Å². The van der Waals surface area contributed by atoms with Gasteiger partial charge in [-0.15, -0.1) is 0 Å². The van der Waals surface area contributed by atoms with E-state index in [-0.39, 0.29) is 0 Å². The van der Waals surface area contributed by atoms with E-state index >= 15 is 0 Å². The van der Waals surface area contributed by atoms with Crippen LogP contribution in [0.4, 0.5) is 4.39 Å². The Morgan fingerprint density at radius 2 is 2.14 bits per heavy atom. The monoisotopic (exact) mass is 207 g/mol. The van der Waals surface area contributed by atoms with Crippen LogP contribution in [0.2, 0.25) is 0 Å². The van der Waals surface area contributed by atoms with Crippen LogP contribution >= 0.6 is 23.2 Å². The first-order chi connectivity index (χ1) is 3.06. The van der Waals surface area contributed by atoms with Gasteiger partial charge in [0.15, 0.2) is 0 Å². The fourth-order valence-corrected chi connectivity index (χ4v) is 0.627. The second-order valence-corrected chi connectivity index (χ2v) is 4.88. The summed E-state index contributed by atoms with van der Waals surface area (Å²) in [6, 6.07) is 0. The number of halogens is 3. The van der Waals surface area contributed by atoms with E-state index in [1.54, 1.807) is 0 Å². The van der Waals surface area contributed by atoms with Crippen molar-refractivity contribution in [2.75, 3.05) is 0 Å². The Bertz CT molecular complexity index is 92.8. The molecule has 0 radical (unpaired) electrons. The van der Waals surface area contributed by atoms with E-state index in [9.17, 15) is 4.39 Å². The first-order valence-electron chi connectivity index (χ1n) is 1.20. The Hall–Kier alpha value is 0.519. The van der Waals surface area contributed by atoms with Crippen LogP contribution in [0.15, 0.2) is 0 Å². The van der Waals surface area contributed by atoms with Gasteiger partial charge < -0.3 is 0 Å². The van der Waals surface area contributed by atoms with Crippen molar-refractivity contribution in [3.63, 3.8) is 0 Å². The Morgan fingerprint density at radius 3 is 2.14 bits per heavy atom. The van der Waals surface area contributed by atoms with Gasteiger partial charge in [0.1, 0.15) is 0 Å². The van der Waals surface area contributed by atoms with Gasteiger partial charge in [0.25, 0.3) is 0 Å². The van der Waals surface area contributed by atoms with Crippen LogP contribution in [0, 0.1) is 10.2 Å². The van der Waals surface area contributed by atoms with Crippen molar-refractivity contribution in [1.29, 1.82) is 5.26 Å². The van der Waals surface area contributed by atoms with Crippen molar-refractivity contribution >= 4 is 38.2 Å². The maximum atomic E-state index is 11.7. The van der Waals surface area contributed by atoms with Crippen LogP contribution in [0.3, 0.4) is 0 Å². The third kappa shape index (κ3) is 6.52. The second-order valence-electron chi connectivity index (χ2n) is 0.639. The molecule has 0 aromatic carbocycles. The molecule has 0 rings (SSSR count). The number of alkyl halides is 3. The maximum absolute atomic E-state index is 11.7. The molecule has 0 saturated carbocycles. The molecular formula is C2Cl2FNSe. The first-order valence-corrected chi connectivity index (χ1v) is 3.67. The molecule has 0 aromatic rings. The van der Waals surface area contributed by atoms with Gasteiger partial charge in [0, 0.05) is 0 Å². The van der Waals surface area contributed by atoms with Gasteiger partial charge in [-0.3, -0.25) is 0 Å². The van der Waals surface area contributed by atoms with Gasteiger partial charge in [-0.2, -0.15) is 0 Å². The second kappa shape index (κ2) is 2.74. The molecule has 0 aromatic heterocycles. The normalized spacial score (nSPS) is 10.6. The van der Waals surface area contributed by atoms with Crippen LogP contribution in [0.1, 0.15) is 0 Å². The van der Waals surface area contributed by atoms with Crippen molar-refractivity contribution in [2.45, 2.75) is 3.49 Å². The quantitative estimate of drug-likeness (QED) is 0.468. The molecule has 1 nitrogen and oxygen atoms in total. The zero-order valence-electron chi connectivity index (χ0n) is 2.99. The van der Waals surface area contributed by atoms with Crippen LogP contribution in [-0.4, -0.2) is 18.4 Å². The average Bonchev–Trinajstić information content (AvgIpc) is 1.30. The molecule has 0 aliphatic heterocycles. The summed E-state index contributed by atoms with van der Waals surface area (Å²) < 4.78 is 9.42. The Labute approximate surface area is 56.5 Å². The minimum absolute atomic E-state index is 0.976. The van der Waals surface area contributed by atoms with Gasteiger partial charge in [0.2, 0.25) is 0 Å². The molecule has 0 saturated heterocycles. The molecule has 0 amide bonds. The van der Waals surface area contributed by atoms with Crippen LogP contribution in [0.25, 0.3) is 0 Å².